The molecule has 0 radical (unpaired) electrons. The van der Waals surface area contributed by atoms with Gasteiger partial charge in [0.05, 0.1) is 24.7 Å². The number of halogens is 3. The monoisotopic (exact) mass is 531 g/mol. The Hall–Kier alpha value is -2.24. The van der Waals surface area contributed by atoms with Crippen molar-refractivity contribution in [1.29, 1.82) is 0 Å². The van der Waals surface area contributed by atoms with Crippen LogP contribution in [-0.2, 0) is 12.3 Å². The Morgan fingerprint density at radius 1 is 0.921 bits per heavy atom. The van der Waals surface area contributed by atoms with Crippen LogP contribution in [0.2, 0.25) is 0 Å². The maximum absolute atomic E-state index is 15.6. The van der Waals surface area contributed by atoms with Crippen molar-refractivity contribution in [3.8, 4) is 11.6 Å². The zero-order chi connectivity index (χ0) is 27.0. The van der Waals surface area contributed by atoms with Gasteiger partial charge in [-0.25, -0.2) is 8.78 Å². The normalized spacial score (nSPS) is 19.1. The number of rotatable bonds is 16. The Bertz CT molecular complexity index is 1010. The van der Waals surface area contributed by atoms with Gasteiger partial charge in [-0.3, -0.25) is 0 Å². The second-order valence-electron chi connectivity index (χ2n) is 11.2. The molecule has 4 rings (SSSR count). The summed E-state index contributed by atoms with van der Waals surface area (Å²) in [7, 11) is 0. The summed E-state index contributed by atoms with van der Waals surface area (Å²) in [6, 6.07) is 8.35. The fourth-order valence-corrected chi connectivity index (χ4v) is 5.91. The third-order valence-corrected chi connectivity index (χ3v) is 8.34. The quantitative estimate of drug-likeness (QED) is 0.160. The molecule has 1 heterocycles. The maximum atomic E-state index is 15.6. The maximum Gasteiger partial charge on any atom is 0.284 e. The van der Waals surface area contributed by atoms with Crippen molar-refractivity contribution in [3.05, 3.63) is 53.0 Å². The molecule has 0 amide bonds. The number of nitrogens with zero attached hydrogens (tertiary/aromatic N) is 1. The largest absolute Gasteiger partial charge is 0.494 e. The molecule has 1 aromatic heterocycles. The molecule has 6 heteroatoms. The molecular weight excluding hydrogens is 487 g/mol. The highest BCUT2D eigenvalue weighted by molar-refractivity contribution is 5.41. The molecule has 1 saturated carbocycles. The van der Waals surface area contributed by atoms with Gasteiger partial charge in [0.1, 0.15) is 5.75 Å². The molecule has 38 heavy (non-hydrogen) atoms. The van der Waals surface area contributed by atoms with E-state index in [4.69, 9.17) is 9.47 Å². The fourth-order valence-electron chi connectivity index (χ4n) is 5.91. The number of hydrogen-bond acceptors (Lipinski definition) is 3. The minimum absolute atomic E-state index is 0.111. The Kier molecular flexibility index (Phi) is 10.4. The fraction of sp³-hybridized carbons (Fsp3) is 0.656. The van der Waals surface area contributed by atoms with Crippen LogP contribution in [0.4, 0.5) is 13.2 Å². The van der Waals surface area contributed by atoms with Crippen LogP contribution in [0.25, 0.3) is 0 Å². The van der Waals surface area contributed by atoms with Crippen LogP contribution in [0.5, 0.6) is 11.6 Å². The number of alkyl halides is 2. The summed E-state index contributed by atoms with van der Waals surface area (Å²) in [5, 5.41) is 0. The van der Waals surface area contributed by atoms with E-state index in [1.807, 2.05) is 0 Å². The minimum atomic E-state index is -3.34. The molecule has 2 atom stereocenters. The third kappa shape index (κ3) is 7.45. The predicted molar refractivity (Wildman–Crippen MR) is 146 cm³/mol. The number of unbranched alkanes of at least 4 members (excludes halogenated alkanes) is 5. The van der Waals surface area contributed by atoms with Crippen molar-refractivity contribution >= 4 is 0 Å². The highest BCUT2D eigenvalue weighted by Gasteiger charge is 2.49. The third-order valence-electron chi connectivity index (χ3n) is 8.34. The topological polar surface area (TPSA) is 31.4 Å². The van der Waals surface area contributed by atoms with Gasteiger partial charge in [0.15, 0.2) is 0 Å². The van der Waals surface area contributed by atoms with Crippen LogP contribution in [0, 0.1) is 17.8 Å². The van der Waals surface area contributed by atoms with Crippen molar-refractivity contribution in [2.75, 3.05) is 13.2 Å². The van der Waals surface area contributed by atoms with Crippen LogP contribution in [0.3, 0.4) is 0 Å². The second-order valence-corrected chi connectivity index (χ2v) is 11.2. The summed E-state index contributed by atoms with van der Waals surface area (Å²) >= 11 is 0. The zero-order valence-corrected chi connectivity index (χ0v) is 23.1. The van der Waals surface area contributed by atoms with Gasteiger partial charge in [0, 0.05) is 6.07 Å². The second kappa shape index (κ2) is 13.7. The lowest BCUT2D eigenvalue weighted by Crippen LogP contribution is -2.32. The van der Waals surface area contributed by atoms with Gasteiger partial charge in [-0.1, -0.05) is 70.9 Å². The molecule has 1 aromatic carbocycles. The summed E-state index contributed by atoms with van der Waals surface area (Å²) < 4.78 is 57.5. The number of ether oxygens (including phenoxy) is 2. The number of pyridine rings is 1. The van der Waals surface area contributed by atoms with Crippen molar-refractivity contribution in [2.45, 2.75) is 109 Å². The summed E-state index contributed by atoms with van der Waals surface area (Å²) in [6.07, 6.45) is 13.4. The van der Waals surface area contributed by atoms with Gasteiger partial charge in [0.25, 0.3) is 5.92 Å². The first-order valence-corrected chi connectivity index (χ1v) is 14.9. The molecule has 2 aliphatic rings. The van der Waals surface area contributed by atoms with Crippen LogP contribution in [0.15, 0.2) is 30.3 Å². The van der Waals surface area contributed by atoms with E-state index in [2.05, 4.69) is 18.8 Å². The molecule has 2 aliphatic carbocycles. The van der Waals surface area contributed by atoms with E-state index < -0.39 is 23.4 Å². The molecule has 2 aromatic rings. The first-order chi connectivity index (χ1) is 18.4. The molecule has 0 N–H and O–H groups in total. The van der Waals surface area contributed by atoms with E-state index in [-0.39, 0.29) is 12.3 Å². The average Bonchev–Trinajstić information content (AvgIpc) is 3.74. The van der Waals surface area contributed by atoms with Gasteiger partial charge in [-0.05, 0) is 73.6 Å². The first-order valence-electron chi connectivity index (χ1n) is 14.9. The molecule has 0 bridgehead atoms. The lowest BCUT2D eigenvalue weighted by molar-refractivity contribution is -0.0475. The molecule has 210 valence electrons. The Labute approximate surface area is 226 Å². The highest BCUT2D eigenvalue weighted by Crippen LogP contribution is 2.50. The molecule has 3 nitrogen and oxygen atoms in total. The molecule has 2 unspecified atom stereocenters. The molecule has 0 saturated heterocycles. The smallest absolute Gasteiger partial charge is 0.284 e. The Morgan fingerprint density at radius 2 is 1.63 bits per heavy atom. The van der Waals surface area contributed by atoms with Gasteiger partial charge in [0.2, 0.25) is 11.8 Å². The highest BCUT2D eigenvalue weighted by atomic mass is 19.3. The van der Waals surface area contributed by atoms with Gasteiger partial charge in [-0.2, -0.15) is 9.37 Å². The summed E-state index contributed by atoms with van der Waals surface area (Å²) in [4.78, 5) is 3.78. The van der Waals surface area contributed by atoms with E-state index in [9.17, 15) is 4.39 Å². The lowest BCUT2D eigenvalue weighted by atomic mass is 9.77. The standard InChI is InChI=1S/C32H44F3NO2/c1-3-5-6-9-20-37-27-17-14-25(15-18-27)28-19-16-26-22-29(36-31(33)30(26)32(28,34)35)38-21-10-7-8-11-23(4-2)24-12-13-24/h14-15,17-18,22-24,28H,3-13,16,19-21H2,1-2H3. The van der Waals surface area contributed by atoms with Crippen molar-refractivity contribution in [3.63, 3.8) is 0 Å². The van der Waals surface area contributed by atoms with E-state index in [1.54, 1.807) is 24.3 Å². The molecule has 0 aliphatic heterocycles. The average molecular weight is 532 g/mol. The zero-order valence-electron chi connectivity index (χ0n) is 23.1. The van der Waals surface area contributed by atoms with Gasteiger partial charge in [-0.15, -0.1) is 0 Å². The number of aromatic nitrogens is 1. The summed E-state index contributed by atoms with van der Waals surface area (Å²) in [5.74, 6) is -2.98. The van der Waals surface area contributed by atoms with Crippen LogP contribution >= 0.6 is 0 Å². The van der Waals surface area contributed by atoms with Gasteiger partial charge < -0.3 is 9.47 Å². The number of aryl methyl sites for hydroxylation is 1. The minimum Gasteiger partial charge on any atom is -0.494 e. The van der Waals surface area contributed by atoms with E-state index >= 15 is 8.78 Å². The lowest BCUT2D eigenvalue weighted by Gasteiger charge is -2.33. The summed E-state index contributed by atoms with van der Waals surface area (Å²) in [6.45, 7) is 5.48. The number of benzene rings is 1. The molecule has 0 spiro atoms. The van der Waals surface area contributed by atoms with E-state index in [0.29, 0.717) is 36.5 Å². The van der Waals surface area contributed by atoms with E-state index in [0.717, 1.165) is 43.9 Å². The van der Waals surface area contributed by atoms with E-state index in [1.165, 1.54) is 44.6 Å². The molecule has 1 fully saturated rings. The molecular formula is C32H44F3NO2. The van der Waals surface area contributed by atoms with Gasteiger partial charge >= 0.3 is 0 Å². The predicted octanol–water partition coefficient (Wildman–Crippen LogP) is 9.38. The Morgan fingerprint density at radius 3 is 2.32 bits per heavy atom. The van der Waals surface area contributed by atoms with Crippen LogP contribution in [0.1, 0.15) is 114 Å². The first kappa shape index (κ1) is 28.8. The van der Waals surface area contributed by atoms with Crippen molar-refractivity contribution in [2.24, 2.45) is 11.8 Å². The van der Waals surface area contributed by atoms with Crippen LogP contribution in [-0.4, -0.2) is 18.2 Å². The van der Waals surface area contributed by atoms with Crippen molar-refractivity contribution < 1.29 is 22.6 Å². The summed E-state index contributed by atoms with van der Waals surface area (Å²) in [5.41, 5.74) is 0.213. The SMILES string of the molecule is CCCCCCOc1ccc(C2CCc3cc(OCCCCCC(CC)C4CC4)nc(F)c3C2(F)F)cc1. The number of fused-ring (bicyclic) bond motifs is 1. The number of hydrogen-bond donors (Lipinski definition) is 0. The van der Waals surface area contributed by atoms with Crippen LogP contribution < -0.4 is 9.47 Å². The Balaban J connectivity index is 1.29. The van der Waals surface area contributed by atoms with Crippen molar-refractivity contribution in [1.82, 2.24) is 4.98 Å².